The smallest absolute Gasteiger partial charge is 0.160 e. The molecule has 98 valence electrons. The Labute approximate surface area is 105 Å². The zero-order valence-electron chi connectivity index (χ0n) is 10.4. The zero-order valence-corrected chi connectivity index (χ0v) is 10.4. The molecule has 1 aromatic heterocycles. The summed E-state index contributed by atoms with van der Waals surface area (Å²) in [5.74, 6) is 0.340. The molecular weight excluding hydrogens is 232 g/mol. The van der Waals surface area contributed by atoms with Gasteiger partial charge < -0.3 is 16.2 Å². The summed E-state index contributed by atoms with van der Waals surface area (Å²) in [6.07, 6.45) is 1.97. The van der Waals surface area contributed by atoms with Crippen LogP contribution in [0.4, 0.5) is 11.4 Å². The third kappa shape index (κ3) is 2.70. The molecule has 1 atom stereocenters. The van der Waals surface area contributed by atoms with Gasteiger partial charge in [-0.2, -0.15) is 0 Å². The van der Waals surface area contributed by atoms with E-state index in [0.717, 1.165) is 25.1 Å². The SMILES string of the molecule is CC(CO)CCCNc1ccc(N)c2nonc12. The molecular formula is C12H18N4O2. The van der Waals surface area contributed by atoms with Gasteiger partial charge in [-0.1, -0.05) is 6.92 Å². The van der Waals surface area contributed by atoms with E-state index in [1.165, 1.54) is 0 Å². The Bertz CT molecular complexity index is 512. The highest BCUT2D eigenvalue weighted by molar-refractivity contribution is 5.94. The molecule has 6 heteroatoms. The highest BCUT2D eigenvalue weighted by atomic mass is 16.6. The van der Waals surface area contributed by atoms with Crippen LogP contribution in [0.25, 0.3) is 11.0 Å². The molecule has 18 heavy (non-hydrogen) atoms. The predicted octanol–water partition coefficient (Wildman–Crippen LogP) is 1.63. The lowest BCUT2D eigenvalue weighted by Gasteiger charge is -2.09. The normalized spacial score (nSPS) is 12.8. The summed E-state index contributed by atoms with van der Waals surface area (Å²) in [5.41, 5.74) is 8.44. The van der Waals surface area contributed by atoms with Gasteiger partial charge in [-0.05, 0) is 41.2 Å². The largest absolute Gasteiger partial charge is 0.397 e. The van der Waals surface area contributed by atoms with Gasteiger partial charge in [0.1, 0.15) is 0 Å². The van der Waals surface area contributed by atoms with E-state index in [0.29, 0.717) is 22.6 Å². The maximum Gasteiger partial charge on any atom is 0.160 e. The van der Waals surface area contributed by atoms with Crippen molar-refractivity contribution >= 4 is 22.4 Å². The van der Waals surface area contributed by atoms with Gasteiger partial charge in [0.2, 0.25) is 0 Å². The van der Waals surface area contributed by atoms with Gasteiger partial charge >= 0.3 is 0 Å². The van der Waals surface area contributed by atoms with Crippen molar-refractivity contribution in [2.75, 3.05) is 24.2 Å². The number of nitrogens with two attached hydrogens (primary N) is 1. The quantitative estimate of drug-likeness (QED) is 0.532. The molecule has 0 saturated carbocycles. The maximum absolute atomic E-state index is 8.93. The van der Waals surface area contributed by atoms with Crippen LogP contribution >= 0.6 is 0 Å². The van der Waals surface area contributed by atoms with E-state index in [2.05, 4.69) is 15.6 Å². The minimum absolute atomic E-state index is 0.235. The number of rotatable bonds is 6. The second-order valence-electron chi connectivity index (χ2n) is 4.52. The molecule has 0 fully saturated rings. The van der Waals surface area contributed by atoms with Gasteiger partial charge in [-0.25, -0.2) is 4.63 Å². The van der Waals surface area contributed by atoms with Crippen LogP contribution in [0, 0.1) is 5.92 Å². The zero-order chi connectivity index (χ0) is 13.0. The van der Waals surface area contributed by atoms with Crippen molar-refractivity contribution in [3.05, 3.63) is 12.1 Å². The summed E-state index contributed by atoms with van der Waals surface area (Å²) in [7, 11) is 0. The predicted molar refractivity (Wildman–Crippen MR) is 70.2 cm³/mol. The second kappa shape index (κ2) is 5.68. The summed E-state index contributed by atoms with van der Waals surface area (Å²) < 4.78 is 4.70. The topological polar surface area (TPSA) is 97.2 Å². The lowest BCUT2D eigenvalue weighted by Crippen LogP contribution is -2.07. The van der Waals surface area contributed by atoms with E-state index < -0.39 is 0 Å². The number of aromatic nitrogens is 2. The maximum atomic E-state index is 8.93. The Morgan fingerprint density at radius 1 is 1.39 bits per heavy atom. The number of hydrogen-bond donors (Lipinski definition) is 3. The lowest BCUT2D eigenvalue weighted by molar-refractivity contribution is 0.229. The van der Waals surface area contributed by atoms with Crippen molar-refractivity contribution in [2.24, 2.45) is 5.92 Å². The van der Waals surface area contributed by atoms with Crippen LogP contribution in [0.3, 0.4) is 0 Å². The fourth-order valence-corrected chi connectivity index (χ4v) is 1.79. The number of nitrogens with one attached hydrogen (secondary N) is 1. The van der Waals surface area contributed by atoms with Gasteiger partial charge in [-0.15, -0.1) is 0 Å². The summed E-state index contributed by atoms with van der Waals surface area (Å²) in [5, 5.41) is 19.8. The second-order valence-corrected chi connectivity index (χ2v) is 4.52. The van der Waals surface area contributed by atoms with Crippen molar-refractivity contribution in [2.45, 2.75) is 19.8 Å². The fraction of sp³-hybridized carbons (Fsp3) is 0.500. The average Bonchev–Trinajstić information content (AvgIpc) is 2.86. The number of benzene rings is 1. The van der Waals surface area contributed by atoms with E-state index in [-0.39, 0.29) is 6.61 Å². The van der Waals surface area contributed by atoms with E-state index in [1.807, 2.05) is 13.0 Å². The molecule has 1 heterocycles. The van der Waals surface area contributed by atoms with Crippen molar-refractivity contribution < 1.29 is 9.74 Å². The molecule has 0 aliphatic heterocycles. The van der Waals surface area contributed by atoms with Crippen LogP contribution in [-0.4, -0.2) is 28.6 Å². The summed E-state index contributed by atoms with van der Waals surface area (Å²) >= 11 is 0. The first kappa shape index (κ1) is 12.6. The molecule has 6 nitrogen and oxygen atoms in total. The molecule has 0 radical (unpaired) electrons. The van der Waals surface area contributed by atoms with Crippen LogP contribution in [0.15, 0.2) is 16.8 Å². The van der Waals surface area contributed by atoms with Gasteiger partial charge in [0.15, 0.2) is 11.0 Å². The summed E-state index contributed by atoms with van der Waals surface area (Å²) in [6.45, 7) is 3.08. The monoisotopic (exact) mass is 250 g/mol. The first-order valence-corrected chi connectivity index (χ1v) is 6.08. The number of fused-ring (bicyclic) bond motifs is 1. The Morgan fingerprint density at radius 2 is 2.17 bits per heavy atom. The highest BCUT2D eigenvalue weighted by Gasteiger charge is 2.09. The minimum atomic E-state index is 0.235. The van der Waals surface area contributed by atoms with Crippen molar-refractivity contribution in [1.29, 1.82) is 0 Å². The molecule has 0 saturated heterocycles. The van der Waals surface area contributed by atoms with E-state index in [1.54, 1.807) is 6.07 Å². The average molecular weight is 250 g/mol. The minimum Gasteiger partial charge on any atom is -0.397 e. The number of nitrogen functional groups attached to an aromatic ring is 1. The fourth-order valence-electron chi connectivity index (χ4n) is 1.79. The molecule has 2 aromatic rings. The van der Waals surface area contributed by atoms with Crippen molar-refractivity contribution in [3.8, 4) is 0 Å². The molecule has 0 spiro atoms. The van der Waals surface area contributed by atoms with E-state index >= 15 is 0 Å². The van der Waals surface area contributed by atoms with Gasteiger partial charge in [0.05, 0.1) is 11.4 Å². The molecule has 0 aliphatic carbocycles. The third-order valence-electron chi connectivity index (χ3n) is 2.95. The van der Waals surface area contributed by atoms with Crippen LogP contribution in [-0.2, 0) is 0 Å². The first-order chi connectivity index (χ1) is 8.72. The van der Waals surface area contributed by atoms with Crippen molar-refractivity contribution in [3.63, 3.8) is 0 Å². The van der Waals surface area contributed by atoms with Crippen LogP contribution in [0.5, 0.6) is 0 Å². The van der Waals surface area contributed by atoms with Crippen LogP contribution in [0.1, 0.15) is 19.8 Å². The number of aliphatic hydroxyl groups is 1. The van der Waals surface area contributed by atoms with Gasteiger partial charge in [0, 0.05) is 13.2 Å². The Morgan fingerprint density at radius 3 is 2.94 bits per heavy atom. The first-order valence-electron chi connectivity index (χ1n) is 6.08. The van der Waals surface area contributed by atoms with E-state index in [4.69, 9.17) is 15.5 Å². The number of anilines is 2. The Hall–Kier alpha value is -1.82. The van der Waals surface area contributed by atoms with Gasteiger partial charge in [-0.3, -0.25) is 0 Å². The molecule has 1 aromatic carbocycles. The molecule has 0 bridgehead atoms. The molecule has 0 aliphatic rings. The summed E-state index contributed by atoms with van der Waals surface area (Å²) in [4.78, 5) is 0. The summed E-state index contributed by atoms with van der Waals surface area (Å²) in [6, 6.07) is 3.66. The third-order valence-corrected chi connectivity index (χ3v) is 2.95. The Balaban J connectivity index is 1.96. The number of nitrogens with zero attached hydrogens (tertiary/aromatic N) is 2. The standard InChI is InChI=1S/C12H18N4O2/c1-8(7-17)3-2-6-14-10-5-4-9(13)11-12(10)16-18-15-11/h4-5,8,14,17H,2-3,6-7,13H2,1H3. The van der Waals surface area contributed by atoms with Crippen LogP contribution in [0.2, 0.25) is 0 Å². The lowest BCUT2D eigenvalue weighted by atomic mass is 10.1. The number of hydrogen-bond acceptors (Lipinski definition) is 6. The highest BCUT2D eigenvalue weighted by Crippen LogP contribution is 2.25. The molecule has 0 amide bonds. The molecule has 2 rings (SSSR count). The van der Waals surface area contributed by atoms with Crippen molar-refractivity contribution in [1.82, 2.24) is 10.3 Å². The van der Waals surface area contributed by atoms with E-state index in [9.17, 15) is 0 Å². The molecule has 4 N–H and O–H groups in total. The van der Waals surface area contributed by atoms with Gasteiger partial charge in [0.25, 0.3) is 0 Å². The Kier molecular flexibility index (Phi) is 3.99. The number of aliphatic hydroxyl groups excluding tert-OH is 1. The van der Waals surface area contributed by atoms with Crippen LogP contribution < -0.4 is 11.1 Å². The molecule has 1 unspecified atom stereocenters.